The van der Waals surface area contributed by atoms with E-state index in [1.54, 1.807) is 37.3 Å². The third-order valence-corrected chi connectivity index (χ3v) is 5.66. The van der Waals surface area contributed by atoms with Crippen LogP contribution in [0.3, 0.4) is 0 Å². The minimum absolute atomic E-state index is 0.139. The van der Waals surface area contributed by atoms with Crippen molar-refractivity contribution in [2.45, 2.75) is 13.8 Å². The molecule has 4 rings (SSSR count). The Morgan fingerprint density at radius 1 is 0.889 bits per heavy atom. The number of hydrogen-bond donors (Lipinski definition) is 2. The average Bonchev–Trinajstić information content (AvgIpc) is 3.07. The Bertz CT molecular complexity index is 1420. The van der Waals surface area contributed by atoms with Crippen molar-refractivity contribution in [3.8, 4) is 0 Å². The van der Waals surface area contributed by atoms with Gasteiger partial charge < -0.3 is 15.4 Å². The number of carbonyl (C=O) groups excluding carboxylic acids is 4. The molecule has 0 aliphatic carbocycles. The lowest BCUT2D eigenvalue weighted by Crippen LogP contribution is -2.32. The first-order chi connectivity index (χ1) is 17.3. The fourth-order valence-electron chi connectivity index (χ4n) is 3.64. The number of amides is 3. The molecule has 2 N–H and O–H groups in total. The van der Waals surface area contributed by atoms with Gasteiger partial charge in [0.05, 0.1) is 17.9 Å². The van der Waals surface area contributed by atoms with Gasteiger partial charge >= 0.3 is 5.97 Å². The highest BCUT2D eigenvalue weighted by Gasteiger charge is 2.39. The second-order valence-corrected chi connectivity index (χ2v) is 8.31. The summed E-state index contributed by atoms with van der Waals surface area (Å²) in [6.45, 7) is 3.79. The fourth-order valence-corrected chi connectivity index (χ4v) is 3.85. The van der Waals surface area contributed by atoms with Crippen LogP contribution < -0.4 is 15.5 Å². The molecule has 182 valence electrons. The van der Waals surface area contributed by atoms with Gasteiger partial charge in [-0.3, -0.25) is 14.4 Å². The maximum absolute atomic E-state index is 13.1. The number of imide groups is 1. The van der Waals surface area contributed by atoms with Gasteiger partial charge in [-0.15, -0.1) is 0 Å². The standard InChI is InChI=1S/C27H22ClN3O5/c1-3-36-27(35)18-9-6-12-21(15-18)31-25(33)22(28)23(26(31)34)29-20-11-5-8-17(14-20)24(32)30-19-10-4-7-16(2)13-19/h4-15,29H,3H2,1-2H3,(H,30,32). The molecule has 0 aromatic heterocycles. The molecule has 3 amide bonds. The lowest BCUT2D eigenvalue weighted by molar-refractivity contribution is -0.120. The van der Waals surface area contributed by atoms with Gasteiger partial charge in [0.15, 0.2) is 0 Å². The van der Waals surface area contributed by atoms with Gasteiger partial charge in [0.2, 0.25) is 0 Å². The number of halogens is 1. The van der Waals surface area contributed by atoms with Crippen molar-refractivity contribution in [3.05, 3.63) is 100 Å². The third kappa shape index (κ3) is 5.13. The Morgan fingerprint density at radius 2 is 1.58 bits per heavy atom. The molecule has 3 aromatic rings. The molecule has 0 radical (unpaired) electrons. The van der Waals surface area contributed by atoms with Gasteiger partial charge in [-0.2, -0.15) is 0 Å². The lowest BCUT2D eigenvalue weighted by atomic mass is 10.1. The molecule has 36 heavy (non-hydrogen) atoms. The van der Waals surface area contributed by atoms with Gasteiger partial charge in [-0.1, -0.05) is 35.9 Å². The first-order valence-electron chi connectivity index (χ1n) is 11.1. The highest BCUT2D eigenvalue weighted by atomic mass is 35.5. The molecule has 1 aliphatic rings. The summed E-state index contributed by atoms with van der Waals surface area (Å²) in [6.07, 6.45) is 0. The number of nitrogens with zero attached hydrogens (tertiary/aromatic N) is 1. The number of ether oxygens (including phenoxy) is 1. The topological polar surface area (TPSA) is 105 Å². The molecule has 9 heteroatoms. The second-order valence-electron chi connectivity index (χ2n) is 7.93. The van der Waals surface area contributed by atoms with Gasteiger partial charge in [-0.25, -0.2) is 9.69 Å². The van der Waals surface area contributed by atoms with E-state index in [2.05, 4.69) is 10.6 Å². The van der Waals surface area contributed by atoms with E-state index in [-0.39, 0.29) is 34.5 Å². The number of esters is 1. The summed E-state index contributed by atoms with van der Waals surface area (Å²) in [5.41, 5.74) is 2.63. The van der Waals surface area contributed by atoms with Crippen LogP contribution >= 0.6 is 11.6 Å². The highest BCUT2D eigenvalue weighted by molar-refractivity contribution is 6.53. The number of benzene rings is 3. The fraction of sp³-hybridized carbons (Fsp3) is 0.111. The molecule has 8 nitrogen and oxygen atoms in total. The lowest BCUT2D eigenvalue weighted by Gasteiger charge is -2.16. The molecule has 0 fully saturated rings. The van der Waals surface area contributed by atoms with Gasteiger partial charge in [-0.05, 0) is 67.9 Å². The largest absolute Gasteiger partial charge is 0.462 e. The summed E-state index contributed by atoms with van der Waals surface area (Å²) < 4.78 is 4.99. The summed E-state index contributed by atoms with van der Waals surface area (Å²) in [6, 6.07) is 19.8. The average molecular weight is 504 g/mol. The molecule has 0 spiro atoms. The zero-order valence-electron chi connectivity index (χ0n) is 19.5. The van der Waals surface area contributed by atoms with Crippen LogP contribution in [0, 0.1) is 6.92 Å². The normalized spacial score (nSPS) is 13.1. The summed E-state index contributed by atoms with van der Waals surface area (Å²) in [5.74, 6) is -2.34. The molecule has 1 heterocycles. The van der Waals surface area contributed by atoms with E-state index >= 15 is 0 Å². The van der Waals surface area contributed by atoms with Gasteiger partial charge in [0, 0.05) is 16.9 Å². The molecule has 1 aliphatic heterocycles. The van der Waals surface area contributed by atoms with E-state index in [0.717, 1.165) is 10.5 Å². The number of nitrogens with one attached hydrogen (secondary N) is 2. The quantitative estimate of drug-likeness (QED) is 0.352. The van der Waals surface area contributed by atoms with E-state index in [1.165, 1.54) is 24.3 Å². The SMILES string of the molecule is CCOC(=O)c1cccc(N2C(=O)C(Cl)=C(Nc3cccc(C(=O)Nc4cccc(C)c4)c3)C2=O)c1. The molecular weight excluding hydrogens is 482 g/mol. The number of aryl methyl sites for hydroxylation is 1. The zero-order valence-corrected chi connectivity index (χ0v) is 20.3. The number of carbonyl (C=O) groups is 4. The second kappa shape index (κ2) is 10.5. The first-order valence-corrected chi connectivity index (χ1v) is 11.5. The van der Waals surface area contributed by atoms with Crippen LogP contribution in [0.15, 0.2) is 83.5 Å². The van der Waals surface area contributed by atoms with Crippen molar-refractivity contribution in [2.75, 3.05) is 22.1 Å². The predicted molar refractivity (Wildman–Crippen MR) is 137 cm³/mol. The van der Waals surface area contributed by atoms with Crippen LogP contribution in [-0.4, -0.2) is 30.3 Å². The van der Waals surface area contributed by atoms with Crippen LogP contribution in [0.1, 0.15) is 33.2 Å². The molecule has 0 bridgehead atoms. The van der Waals surface area contributed by atoms with Gasteiger partial charge in [0.25, 0.3) is 17.7 Å². The molecule has 3 aromatic carbocycles. The molecule has 0 saturated carbocycles. The number of anilines is 3. The van der Waals surface area contributed by atoms with E-state index < -0.39 is 17.8 Å². The third-order valence-electron chi connectivity index (χ3n) is 5.31. The Balaban J connectivity index is 1.53. The maximum Gasteiger partial charge on any atom is 0.338 e. The van der Waals surface area contributed by atoms with E-state index in [0.29, 0.717) is 16.9 Å². The van der Waals surface area contributed by atoms with Crippen LogP contribution in [-0.2, 0) is 14.3 Å². The van der Waals surface area contributed by atoms with Crippen molar-refractivity contribution in [1.29, 1.82) is 0 Å². The number of rotatable bonds is 7. The minimum atomic E-state index is -0.737. The molecule has 0 unspecified atom stereocenters. The van der Waals surface area contributed by atoms with Crippen LogP contribution in [0.4, 0.5) is 17.1 Å². The smallest absolute Gasteiger partial charge is 0.338 e. The Kier molecular flexibility index (Phi) is 7.17. The van der Waals surface area contributed by atoms with Crippen LogP contribution in [0.5, 0.6) is 0 Å². The molecule has 0 atom stereocenters. The van der Waals surface area contributed by atoms with E-state index in [4.69, 9.17) is 16.3 Å². The van der Waals surface area contributed by atoms with Crippen molar-refractivity contribution < 1.29 is 23.9 Å². The summed E-state index contributed by atoms with van der Waals surface area (Å²) in [4.78, 5) is 51.6. The van der Waals surface area contributed by atoms with E-state index in [1.807, 2.05) is 25.1 Å². The van der Waals surface area contributed by atoms with E-state index in [9.17, 15) is 19.2 Å². The van der Waals surface area contributed by atoms with Crippen LogP contribution in [0.25, 0.3) is 0 Å². The minimum Gasteiger partial charge on any atom is -0.462 e. The van der Waals surface area contributed by atoms with Crippen LogP contribution in [0.2, 0.25) is 0 Å². The Hall–Kier alpha value is -4.43. The Labute approximate surface area is 212 Å². The summed E-state index contributed by atoms with van der Waals surface area (Å²) in [7, 11) is 0. The van der Waals surface area contributed by atoms with Crippen molar-refractivity contribution in [1.82, 2.24) is 0 Å². The van der Waals surface area contributed by atoms with Crippen molar-refractivity contribution in [2.24, 2.45) is 0 Å². The highest BCUT2D eigenvalue weighted by Crippen LogP contribution is 2.31. The molecular formula is C27H22ClN3O5. The van der Waals surface area contributed by atoms with Crippen molar-refractivity contribution >= 4 is 52.4 Å². The van der Waals surface area contributed by atoms with Gasteiger partial charge in [0.1, 0.15) is 10.7 Å². The maximum atomic E-state index is 13.1. The summed E-state index contributed by atoms with van der Waals surface area (Å²) >= 11 is 6.23. The number of hydrogen-bond acceptors (Lipinski definition) is 6. The Morgan fingerprint density at radius 3 is 2.33 bits per heavy atom. The summed E-state index contributed by atoms with van der Waals surface area (Å²) in [5, 5.41) is 5.38. The first kappa shape index (κ1) is 24.7. The predicted octanol–water partition coefficient (Wildman–Crippen LogP) is 4.86. The zero-order chi connectivity index (χ0) is 25.8. The van der Waals surface area contributed by atoms with Crippen molar-refractivity contribution in [3.63, 3.8) is 0 Å². The monoisotopic (exact) mass is 503 g/mol. The molecule has 0 saturated heterocycles.